The molecule has 7 heteroatoms. The van der Waals surface area contributed by atoms with Crippen LogP contribution in [0.5, 0.6) is 5.75 Å². The van der Waals surface area contributed by atoms with Crippen molar-refractivity contribution in [2.45, 2.75) is 20.4 Å². The van der Waals surface area contributed by atoms with E-state index >= 15 is 0 Å². The van der Waals surface area contributed by atoms with Crippen LogP contribution in [0.1, 0.15) is 24.3 Å². The van der Waals surface area contributed by atoms with Crippen LogP contribution in [0.25, 0.3) is 10.9 Å². The van der Waals surface area contributed by atoms with Gasteiger partial charge in [0.15, 0.2) is 5.78 Å². The molecule has 0 radical (unpaired) electrons. The van der Waals surface area contributed by atoms with Crippen molar-refractivity contribution in [1.82, 2.24) is 9.78 Å². The lowest BCUT2D eigenvalue weighted by atomic mass is 10.1. The topological polar surface area (TPSA) is 99.6 Å². The minimum absolute atomic E-state index is 0.0902. The molecule has 2 rings (SSSR count). The van der Waals surface area contributed by atoms with Crippen molar-refractivity contribution in [3.05, 3.63) is 36.2 Å². The lowest BCUT2D eigenvalue weighted by Gasteiger charge is -2.06. The third-order valence-electron chi connectivity index (χ3n) is 3.08. The van der Waals surface area contributed by atoms with Gasteiger partial charge in [0, 0.05) is 18.5 Å². The minimum Gasteiger partial charge on any atom is -0.486 e. The number of hydrogen-bond donors (Lipinski definition) is 1. The molecular weight excluding hydrogens is 296 g/mol. The van der Waals surface area contributed by atoms with Gasteiger partial charge in [0.05, 0.1) is 12.1 Å². The number of ether oxygens (including phenoxy) is 1. The summed E-state index contributed by atoms with van der Waals surface area (Å²) in [5.41, 5.74) is 6.71. The van der Waals surface area contributed by atoms with Gasteiger partial charge >= 0.3 is 0 Å². The van der Waals surface area contributed by atoms with E-state index in [2.05, 4.69) is 10.1 Å². The number of nitrogens with zero attached hydrogens (tertiary/aromatic N) is 3. The third kappa shape index (κ3) is 3.82. The second kappa shape index (κ2) is 7.35. The largest absolute Gasteiger partial charge is 0.486 e. The maximum atomic E-state index is 11.7. The van der Waals surface area contributed by atoms with Crippen molar-refractivity contribution in [3.8, 4) is 5.75 Å². The number of fused-ring (bicyclic) bond motifs is 1. The van der Waals surface area contributed by atoms with E-state index < -0.39 is 0 Å². The monoisotopic (exact) mass is 314 g/mol. The van der Waals surface area contributed by atoms with Crippen LogP contribution < -0.4 is 10.5 Å². The Morgan fingerprint density at radius 3 is 2.91 bits per heavy atom. The molecule has 0 spiro atoms. The Morgan fingerprint density at radius 1 is 1.48 bits per heavy atom. The van der Waals surface area contributed by atoms with Gasteiger partial charge < -0.3 is 15.3 Å². The molecule has 2 aromatic rings. The molecule has 0 atom stereocenters. The summed E-state index contributed by atoms with van der Waals surface area (Å²) in [6.07, 6.45) is 4.08. The first-order chi connectivity index (χ1) is 11.1. The smallest absolute Gasteiger partial charge is 0.180 e. The van der Waals surface area contributed by atoms with Gasteiger partial charge in [-0.1, -0.05) is 6.08 Å². The lowest BCUT2D eigenvalue weighted by Crippen LogP contribution is -2.20. The van der Waals surface area contributed by atoms with Gasteiger partial charge in [0.1, 0.15) is 30.2 Å². The molecule has 1 aromatic heterocycles. The van der Waals surface area contributed by atoms with Crippen LogP contribution in [-0.4, -0.2) is 34.3 Å². The van der Waals surface area contributed by atoms with Crippen molar-refractivity contribution >= 4 is 28.8 Å². The van der Waals surface area contributed by atoms with Crippen LogP contribution >= 0.6 is 0 Å². The quantitative estimate of drug-likeness (QED) is 0.363. The highest BCUT2D eigenvalue weighted by Gasteiger charge is 2.14. The van der Waals surface area contributed by atoms with Crippen molar-refractivity contribution in [3.63, 3.8) is 0 Å². The highest BCUT2D eigenvalue weighted by molar-refractivity contribution is 6.05. The van der Waals surface area contributed by atoms with E-state index in [1.165, 1.54) is 11.6 Å². The first kappa shape index (κ1) is 16.4. The number of allylic oxidation sites excluding steroid dienone is 1. The summed E-state index contributed by atoms with van der Waals surface area (Å²) < 4.78 is 7.06. The fraction of sp³-hybridized carbons (Fsp3) is 0.250. The zero-order valence-corrected chi connectivity index (χ0v) is 13.0. The highest BCUT2D eigenvalue weighted by Crippen LogP contribution is 2.24. The second-order valence-corrected chi connectivity index (χ2v) is 4.82. The number of ketones is 1. The summed E-state index contributed by atoms with van der Waals surface area (Å²) in [7, 11) is 0. The SMILES string of the molecule is C/C=C\N=C(N)COc1ccc2c(c1)c(C(C)=O)nn2CC=O. The Balaban J connectivity index is 2.32. The number of aromatic nitrogens is 2. The molecule has 7 nitrogen and oxygen atoms in total. The Labute approximate surface area is 133 Å². The lowest BCUT2D eigenvalue weighted by molar-refractivity contribution is -0.108. The van der Waals surface area contributed by atoms with Gasteiger partial charge in [0.2, 0.25) is 0 Å². The van der Waals surface area contributed by atoms with Gasteiger partial charge in [-0.3, -0.25) is 9.48 Å². The van der Waals surface area contributed by atoms with Crippen molar-refractivity contribution in [2.24, 2.45) is 10.7 Å². The number of Topliss-reactive ketones (excluding diaryl/α,β-unsaturated/α-hetero) is 1. The van der Waals surface area contributed by atoms with Crippen molar-refractivity contribution in [2.75, 3.05) is 6.61 Å². The van der Waals surface area contributed by atoms with E-state index in [1.54, 1.807) is 30.5 Å². The number of amidine groups is 1. The molecule has 120 valence electrons. The molecule has 0 saturated carbocycles. The molecule has 0 unspecified atom stereocenters. The number of hydrogen-bond acceptors (Lipinski definition) is 5. The molecule has 1 aromatic carbocycles. The zero-order valence-electron chi connectivity index (χ0n) is 13.0. The Hall–Kier alpha value is -2.96. The van der Waals surface area contributed by atoms with Crippen LogP contribution in [0.2, 0.25) is 0 Å². The van der Waals surface area contributed by atoms with Crippen molar-refractivity contribution in [1.29, 1.82) is 0 Å². The Kier molecular flexibility index (Phi) is 5.24. The first-order valence-corrected chi connectivity index (χ1v) is 7.08. The molecule has 0 aliphatic heterocycles. The van der Waals surface area contributed by atoms with E-state index in [0.717, 1.165) is 6.29 Å². The van der Waals surface area contributed by atoms with Gasteiger partial charge in [0.25, 0.3) is 0 Å². The summed E-state index contributed by atoms with van der Waals surface area (Å²) in [6.45, 7) is 3.49. The van der Waals surface area contributed by atoms with Crippen LogP contribution in [-0.2, 0) is 11.3 Å². The molecule has 2 N–H and O–H groups in total. The molecule has 0 fully saturated rings. The van der Waals surface area contributed by atoms with E-state index in [1.807, 2.05) is 6.92 Å². The average molecular weight is 314 g/mol. The van der Waals surface area contributed by atoms with E-state index in [-0.39, 0.29) is 18.9 Å². The van der Waals surface area contributed by atoms with Crippen LogP contribution in [0.3, 0.4) is 0 Å². The Morgan fingerprint density at radius 2 is 2.26 bits per heavy atom. The number of aliphatic imine (C=N–C) groups is 1. The number of nitrogens with two attached hydrogens (primary N) is 1. The van der Waals surface area contributed by atoms with Gasteiger partial charge in [-0.25, -0.2) is 4.99 Å². The fourth-order valence-electron chi connectivity index (χ4n) is 2.08. The number of aldehydes is 1. The highest BCUT2D eigenvalue weighted by atomic mass is 16.5. The minimum atomic E-state index is -0.175. The summed E-state index contributed by atoms with van der Waals surface area (Å²) in [5.74, 6) is 0.710. The predicted molar refractivity (Wildman–Crippen MR) is 87.7 cm³/mol. The molecule has 0 aliphatic rings. The third-order valence-corrected chi connectivity index (χ3v) is 3.08. The maximum Gasteiger partial charge on any atom is 0.180 e. The molecule has 23 heavy (non-hydrogen) atoms. The molecule has 1 heterocycles. The molecule has 0 aliphatic carbocycles. The van der Waals surface area contributed by atoms with Crippen LogP contribution in [0, 0.1) is 0 Å². The number of rotatable bonds is 7. The first-order valence-electron chi connectivity index (χ1n) is 7.08. The second-order valence-electron chi connectivity index (χ2n) is 4.82. The Bertz CT molecular complexity index is 790. The molecular formula is C16H18N4O3. The average Bonchev–Trinajstić information content (AvgIpc) is 2.89. The number of benzene rings is 1. The molecule has 0 bridgehead atoms. The number of carbonyl (C=O) groups excluding carboxylic acids is 2. The summed E-state index contributed by atoms with van der Waals surface area (Å²) >= 11 is 0. The normalized spacial score (nSPS) is 12.0. The van der Waals surface area contributed by atoms with E-state index in [9.17, 15) is 9.59 Å². The fourth-order valence-corrected chi connectivity index (χ4v) is 2.08. The summed E-state index contributed by atoms with van der Waals surface area (Å²) in [5, 5.41) is 4.82. The predicted octanol–water partition coefficient (Wildman–Crippen LogP) is 1.71. The number of carbonyl (C=O) groups is 2. The zero-order chi connectivity index (χ0) is 16.8. The molecule has 0 amide bonds. The standard InChI is InChI=1S/C16H18N4O3/c1-3-6-18-15(17)10-23-12-4-5-14-13(9-12)16(11(2)22)19-20(14)7-8-21/h3-6,8-9H,7,10H2,1-2H3,(H2,17,18)/b6-3-. The van der Waals surface area contributed by atoms with E-state index in [4.69, 9.17) is 10.5 Å². The van der Waals surface area contributed by atoms with E-state index in [0.29, 0.717) is 28.2 Å². The summed E-state index contributed by atoms with van der Waals surface area (Å²) in [6, 6.07) is 5.20. The van der Waals surface area contributed by atoms with Crippen LogP contribution in [0.15, 0.2) is 35.5 Å². The molecule has 0 saturated heterocycles. The van der Waals surface area contributed by atoms with Crippen LogP contribution in [0.4, 0.5) is 0 Å². The van der Waals surface area contributed by atoms with Crippen molar-refractivity contribution < 1.29 is 14.3 Å². The van der Waals surface area contributed by atoms with Gasteiger partial charge in [-0.15, -0.1) is 0 Å². The van der Waals surface area contributed by atoms with Gasteiger partial charge in [-0.05, 0) is 25.1 Å². The van der Waals surface area contributed by atoms with Gasteiger partial charge in [-0.2, -0.15) is 5.10 Å². The summed E-state index contributed by atoms with van der Waals surface area (Å²) in [4.78, 5) is 26.4. The maximum absolute atomic E-state index is 11.7.